The van der Waals surface area contributed by atoms with Gasteiger partial charge in [0, 0.05) is 24.6 Å². The highest BCUT2D eigenvalue weighted by atomic mass is 19.2. The van der Waals surface area contributed by atoms with Crippen molar-refractivity contribution in [2.24, 2.45) is 5.92 Å². The van der Waals surface area contributed by atoms with Crippen molar-refractivity contribution in [1.29, 1.82) is 0 Å². The largest absolute Gasteiger partial charge is 0.486 e. The zero-order valence-corrected chi connectivity index (χ0v) is 11.6. The summed E-state index contributed by atoms with van der Waals surface area (Å²) in [6.45, 7) is 3.55. The van der Waals surface area contributed by atoms with E-state index < -0.39 is 29.0 Å². The monoisotopic (exact) mass is 307 g/mol. The average molecular weight is 307 g/mol. The SMILES string of the molecule is CCNC(COc1c(F)c(F)cc(F)c1F)C1CCOC1. The number of hydrogen-bond acceptors (Lipinski definition) is 3. The smallest absolute Gasteiger partial charge is 0.203 e. The summed E-state index contributed by atoms with van der Waals surface area (Å²) in [4.78, 5) is 0. The molecule has 118 valence electrons. The van der Waals surface area contributed by atoms with E-state index in [0.717, 1.165) is 6.42 Å². The van der Waals surface area contributed by atoms with Crippen LogP contribution in [0.3, 0.4) is 0 Å². The van der Waals surface area contributed by atoms with E-state index in [1.165, 1.54) is 0 Å². The Morgan fingerprint density at radius 3 is 2.48 bits per heavy atom. The topological polar surface area (TPSA) is 30.5 Å². The number of halogens is 4. The van der Waals surface area contributed by atoms with Gasteiger partial charge in [-0.1, -0.05) is 6.92 Å². The number of benzene rings is 1. The summed E-state index contributed by atoms with van der Waals surface area (Å²) in [7, 11) is 0. The molecule has 1 heterocycles. The lowest BCUT2D eigenvalue weighted by Crippen LogP contribution is -2.41. The average Bonchev–Trinajstić information content (AvgIpc) is 2.98. The summed E-state index contributed by atoms with van der Waals surface area (Å²) in [5.41, 5.74) is 0. The Morgan fingerprint density at radius 1 is 1.29 bits per heavy atom. The maximum Gasteiger partial charge on any atom is 0.203 e. The molecule has 0 bridgehead atoms. The number of hydrogen-bond donors (Lipinski definition) is 1. The molecule has 1 fully saturated rings. The van der Waals surface area contributed by atoms with Crippen molar-refractivity contribution < 1.29 is 27.0 Å². The summed E-state index contributed by atoms with van der Waals surface area (Å²) < 4.78 is 63.5. The predicted octanol–water partition coefficient (Wildman–Crippen LogP) is 2.64. The van der Waals surface area contributed by atoms with Gasteiger partial charge in [-0.25, -0.2) is 8.78 Å². The molecule has 0 aromatic heterocycles. The van der Waals surface area contributed by atoms with Crippen LogP contribution in [0.15, 0.2) is 6.07 Å². The van der Waals surface area contributed by atoms with E-state index in [-0.39, 0.29) is 24.6 Å². The van der Waals surface area contributed by atoms with E-state index in [2.05, 4.69) is 5.32 Å². The minimum atomic E-state index is -1.52. The molecule has 7 heteroatoms. The van der Waals surface area contributed by atoms with Crippen LogP contribution in [0.1, 0.15) is 13.3 Å². The maximum absolute atomic E-state index is 13.5. The molecule has 1 saturated heterocycles. The van der Waals surface area contributed by atoms with E-state index in [1.54, 1.807) is 0 Å². The molecule has 1 aromatic rings. The third-order valence-electron chi connectivity index (χ3n) is 3.48. The molecule has 0 amide bonds. The van der Waals surface area contributed by atoms with Crippen LogP contribution in [0.25, 0.3) is 0 Å². The number of likely N-dealkylation sites (N-methyl/N-ethyl adjacent to an activating group) is 1. The Labute approximate surface area is 120 Å². The fraction of sp³-hybridized carbons (Fsp3) is 0.571. The lowest BCUT2D eigenvalue weighted by atomic mass is 10.00. The van der Waals surface area contributed by atoms with Crippen molar-refractivity contribution in [2.75, 3.05) is 26.4 Å². The van der Waals surface area contributed by atoms with Gasteiger partial charge in [-0.15, -0.1) is 0 Å². The van der Waals surface area contributed by atoms with Crippen LogP contribution in [0.2, 0.25) is 0 Å². The molecule has 0 aliphatic carbocycles. The van der Waals surface area contributed by atoms with Gasteiger partial charge in [-0.2, -0.15) is 8.78 Å². The molecule has 0 radical (unpaired) electrons. The summed E-state index contributed by atoms with van der Waals surface area (Å²) in [6.07, 6.45) is 0.795. The number of ether oxygens (including phenoxy) is 2. The lowest BCUT2D eigenvalue weighted by molar-refractivity contribution is 0.156. The first-order valence-corrected chi connectivity index (χ1v) is 6.81. The molecule has 2 unspecified atom stereocenters. The van der Waals surface area contributed by atoms with Gasteiger partial charge in [0.25, 0.3) is 0 Å². The van der Waals surface area contributed by atoms with Gasteiger partial charge in [-0.3, -0.25) is 0 Å². The first-order chi connectivity index (χ1) is 10.0. The Hall–Kier alpha value is -1.34. The molecule has 1 aliphatic heterocycles. The maximum atomic E-state index is 13.5. The minimum Gasteiger partial charge on any atom is -0.486 e. The zero-order chi connectivity index (χ0) is 15.4. The third-order valence-corrected chi connectivity index (χ3v) is 3.48. The van der Waals surface area contributed by atoms with Crippen LogP contribution in [-0.2, 0) is 4.74 Å². The lowest BCUT2D eigenvalue weighted by Gasteiger charge is -2.23. The Morgan fingerprint density at radius 2 is 1.95 bits per heavy atom. The van der Waals surface area contributed by atoms with Gasteiger partial charge < -0.3 is 14.8 Å². The minimum absolute atomic E-state index is 0.0986. The fourth-order valence-corrected chi connectivity index (χ4v) is 2.35. The highest BCUT2D eigenvalue weighted by molar-refractivity contribution is 5.28. The predicted molar refractivity (Wildman–Crippen MR) is 68.2 cm³/mol. The van der Waals surface area contributed by atoms with Crippen molar-refractivity contribution >= 4 is 0 Å². The molecule has 21 heavy (non-hydrogen) atoms. The molecule has 1 aliphatic rings. The third kappa shape index (κ3) is 3.65. The summed E-state index contributed by atoms with van der Waals surface area (Å²) in [5, 5.41) is 3.13. The molecule has 3 nitrogen and oxygen atoms in total. The molecular weight excluding hydrogens is 290 g/mol. The van der Waals surface area contributed by atoms with Gasteiger partial charge in [-0.05, 0) is 13.0 Å². The van der Waals surface area contributed by atoms with Crippen LogP contribution in [-0.4, -0.2) is 32.4 Å². The van der Waals surface area contributed by atoms with Crippen LogP contribution in [0.4, 0.5) is 17.6 Å². The van der Waals surface area contributed by atoms with Crippen molar-refractivity contribution in [3.63, 3.8) is 0 Å². The normalized spacial score (nSPS) is 19.8. The van der Waals surface area contributed by atoms with Crippen LogP contribution in [0, 0.1) is 29.2 Å². The Balaban J connectivity index is 2.10. The Kier molecular flexibility index (Phi) is 5.41. The molecule has 0 saturated carbocycles. The van der Waals surface area contributed by atoms with E-state index >= 15 is 0 Å². The summed E-state index contributed by atoms with van der Waals surface area (Å²) >= 11 is 0. The van der Waals surface area contributed by atoms with Crippen LogP contribution >= 0.6 is 0 Å². The van der Waals surface area contributed by atoms with Crippen molar-refractivity contribution in [2.45, 2.75) is 19.4 Å². The summed E-state index contributed by atoms with van der Waals surface area (Å²) in [6, 6.07) is -0.0490. The van der Waals surface area contributed by atoms with Gasteiger partial charge in [0.05, 0.1) is 6.61 Å². The highest BCUT2D eigenvalue weighted by Gasteiger charge is 2.27. The van der Waals surface area contributed by atoms with Crippen molar-refractivity contribution in [1.82, 2.24) is 5.32 Å². The molecule has 2 atom stereocenters. The van der Waals surface area contributed by atoms with Gasteiger partial charge >= 0.3 is 0 Å². The van der Waals surface area contributed by atoms with Gasteiger partial charge in [0.1, 0.15) is 6.61 Å². The van der Waals surface area contributed by atoms with E-state index in [9.17, 15) is 17.6 Å². The second-order valence-electron chi connectivity index (χ2n) is 4.90. The van der Waals surface area contributed by atoms with Crippen molar-refractivity contribution in [3.8, 4) is 5.75 Å². The van der Waals surface area contributed by atoms with Gasteiger partial charge in [0.15, 0.2) is 17.4 Å². The highest BCUT2D eigenvalue weighted by Crippen LogP contribution is 2.27. The van der Waals surface area contributed by atoms with Gasteiger partial charge in [0.2, 0.25) is 11.6 Å². The molecule has 1 aromatic carbocycles. The quantitative estimate of drug-likeness (QED) is 0.647. The second kappa shape index (κ2) is 7.09. The molecule has 1 N–H and O–H groups in total. The molecule has 0 spiro atoms. The van der Waals surface area contributed by atoms with E-state index in [0.29, 0.717) is 19.8 Å². The first kappa shape index (κ1) is 16.0. The molecular formula is C14H17F4NO2. The molecule has 2 rings (SSSR count). The second-order valence-corrected chi connectivity index (χ2v) is 4.90. The number of rotatable bonds is 6. The summed E-state index contributed by atoms with van der Waals surface area (Å²) in [5.74, 6) is -6.89. The number of nitrogens with one attached hydrogen (secondary N) is 1. The zero-order valence-electron chi connectivity index (χ0n) is 11.6. The van der Waals surface area contributed by atoms with E-state index in [4.69, 9.17) is 9.47 Å². The first-order valence-electron chi connectivity index (χ1n) is 6.81. The van der Waals surface area contributed by atoms with Crippen molar-refractivity contribution in [3.05, 3.63) is 29.3 Å². The van der Waals surface area contributed by atoms with Crippen LogP contribution in [0.5, 0.6) is 5.75 Å². The Bertz CT molecular complexity index is 466. The van der Waals surface area contributed by atoms with E-state index in [1.807, 2.05) is 6.92 Å². The fourth-order valence-electron chi connectivity index (χ4n) is 2.35. The standard InChI is InChI=1S/C14H17F4NO2/c1-2-19-11(8-3-4-20-6-8)7-21-14-12(17)9(15)5-10(16)13(14)18/h5,8,11,19H,2-4,6-7H2,1H3. The van der Waals surface area contributed by atoms with Crippen LogP contribution < -0.4 is 10.1 Å².